The highest BCUT2D eigenvalue weighted by Gasteiger charge is 2.52. The summed E-state index contributed by atoms with van der Waals surface area (Å²) in [5, 5.41) is 1.21. The van der Waals surface area contributed by atoms with Crippen molar-refractivity contribution in [3.8, 4) is 0 Å². The van der Waals surface area contributed by atoms with E-state index in [0.717, 1.165) is 10.2 Å². The second-order valence-corrected chi connectivity index (χ2v) is 36.7. The summed E-state index contributed by atoms with van der Waals surface area (Å²) in [4.78, 5) is 0. The first-order valence-corrected chi connectivity index (χ1v) is 19.8. The molecule has 0 bridgehead atoms. The first-order valence-electron chi connectivity index (χ1n) is 7.40. The fourth-order valence-electron chi connectivity index (χ4n) is 2.25. The highest BCUT2D eigenvalue weighted by molar-refractivity contribution is 7.67. The van der Waals surface area contributed by atoms with E-state index in [9.17, 15) is 0 Å². The van der Waals surface area contributed by atoms with Crippen LogP contribution in [0.15, 0.2) is 35.7 Å². The zero-order valence-electron chi connectivity index (χ0n) is 14.4. The van der Waals surface area contributed by atoms with Crippen LogP contribution in [0.5, 0.6) is 0 Å². The smallest absolute Gasteiger partial charge is 0.225 e. The van der Waals surface area contributed by atoms with Crippen LogP contribution >= 0.6 is 0 Å². The van der Waals surface area contributed by atoms with Crippen LogP contribution < -0.4 is 0 Å². The number of hydrogen-bond acceptors (Lipinski definition) is 1. The molecule has 0 saturated heterocycles. The minimum absolute atomic E-state index is 0.987. The zero-order valence-corrected chi connectivity index (χ0v) is 19.4. The molecule has 1 aromatic carbocycles. The van der Waals surface area contributed by atoms with Crippen molar-refractivity contribution in [3.05, 3.63) is 41.3 Å². The molecule has 0 radical (unpaired) electrons. The van der Waals surface area contributed by atoms with Crippen molar-refractivity contribution in [2.45, 2.75) is 45.8 Å². The standard InChI is InChI=1S/C15H30OSi4/c1-18(2,3)20(6,7)19(4,5)16-15(17)13-14-11-9-8-10-12-14/h8-13H,1-7,17H3. The van der Waals surface area contributed by atoms with Crippen LogP contribution in [0, 0.1) is 0 Å². The maximum atomic E-state index is 6.59. The van der Waals surface area contributed by atoms with Gasteiger partial charge >= 0.3 is 0 Å². The van der Waals surface area contributed by atoms with Crippen molar-refractivity contribution < 1.29 is 4.43 Å². The van der Waals surface area contributed by atoms with Gasteiger partial charge in [-0.3, -0.25) is 0 Å². The van der Waals surface area contributed by atoms with Gasteiger partial charge in [0, 0.05) is 13.0 Å². The van der Waals surface area contributed by atoms with Crippen molar-refractivity contribution >= 4 is 38.9 Å². The van der Waals surface area contributed by atoms with Gasteiger partial charge in [0.15, 0.2) is 0 Å². The third kappa shape index (κ3) is 4.06. The molecular weight excluding hydrogens is 309 g/mol. The van der Waals surface area contributed by atoms with Crippen LogP contribution in [-0.2, 0) is 4.43 Å². The lowest BCUT2D eigenvalue weighted by molar-refractivity contribution is 0.474. The molecule has 0 N–H and O–H groups in total. The summed E-state index contributed by atoms with van der Waals surface area (Å²) < 4.78 is 6.59. The normalized spacial score (nSPS) is 14.4. The zero-order chi connectivity index (χ0) is 15.6. The average Bonchev–Trinajstić information content (AvgIpc) is 2.27. The van der Waals surface area contributed by atoms with E-state index in [2.05, 4.69) is 82.2 Å². The molecule has 0 saturated carbocycles. The highest BCUT2D eigenvalue weighted by Crippen LogP contribution is 2.30. The molecule has 0 aliphatic carbocycles. The molecular formula is C15H30OSi4. The van der Waals surface area contributed by atoms with Gasteiger partial charge in [-0.05, 0) is 24.7 Å². The second kappa shape index (κ2) is 6.17. The summed E-state index contributed by atoms with van der Waals surface area (Å²) in [6, 6.07) is 10.5. The molecule has 0 atom stereocenters. The summed E-state index contributed by atoms with van der Waals surface area (Å²) in [6.07, 6.45) is 2.23. The SMILES string of the molecule is C[Si](C)(C)[Si](C)(C)[Si](C)(C)OC([SiH3])=Cc1ccccc1. The average molecular weight is 339 g/mol. The summed E-state index contributed by atoms with van der Waals surface area (Å²) >= 11 is 0. The Labute approximate surface area is 130 Å². The molecule has 0 amide bonds. The number of hydrogen-bond donors (Lipinski definition) is 0. The van der Waals surface area contributed by atoms with Crippen LogP contribution in [0.25, 0.3) is 6.08 Å². The van der Waals surface area contributed by atoms with E-state index in [-0.39, 0.29) is 0 Å². The third-order valence-corrected chi connectivity index (χ3v) is 46.2. The Morgan fingerprint density at radius 1 is 0.950 bits per heavy atom. The molecule has 112 valence electrons. The van der Waals surface area contributed by atoms with Gasteiger partial charge in [0.05, 0.1) is 17.4 Å². The largest absolute Gasteiger partial charge is 0.555 e. The van der Waals surface area contributed by atoms with Crippen LogP contribution in [0.3, 0.4) is 0 Å². The molecule has 1 rings (SSSR count). The third-order valence-electron chi connectivity index (χ3n) is 4.97. The van der Waals surface area contributed by atoms with Gasteiger partial charge in [0.2, 0.25) is 7.83 Å². The molecule has 0 heterocycles. The van der Waals surface area contributed by atoms with Gasteiger partial charge in [-0.2, -0.15) is 0 Å². The monoisotopic (exact) mass is 338 g/mol. The van der Waals surface area contributed by atoms with Crippen molar-refractivity contribution in [1.29, 1.82) is 0 Å². The van der Waals surface area contributed by atoms with Crippen molar-refractivity contribution in [2.75, 3.05) is 0 Å². The molecule has 0 spiro atoms. The Morgan fingerprint density at radius 3 is 1.90 bits per heavy atom. The summed E-state index contributed by atoms with van der Waals surface area (Å²) in [7, 11) is -3.02. The minimum atomic E-state index is -1.62. The number of rotatable bonds is 5. The quantitative estimate of drug-likeness (QED) is 0.586. The Hall–Kier alpha value is -0.372. The minimum Gasteiger partial charge on any atom is -0.555 e. The first-order chi connectivity index (χ1) is 8.97. The van der Waals surface area contributed by atoms with Gasteiger partial charge < -0.3 is 4.43 Å². The van der Waals surface area contributed by atoms with Crippen LogP contribution in [0.2, 0.25) is 45.8 Å². The Kier molecular flexibility index (Phi) is 5.45. The molecule has 0 aliphatic heterocycles. The summed E-state index contributed by atoms with van der Waals surface area (Å²) in [5.41, 5.74) is 1.26. The maximum Gasteiger partial charge on any atom is 0.225 e. The van der Waals surface area contributed by atoms with Crippen molar-refractivity contribution in [3.63, 3.8) is 0 Å². The topological polar surface area (TPSA) is 9.23 Å². The lowest BCUT2D eigenvalue weighted by Crippen LogP contribution is -2.70. The molecule has 0 aliphatic rings. The molecule has 0 fully saturated rings. The fraction of sp³-hybridized carbons (Fsp3) is 0.467. The van der Waals surface area contributed by atoms with Crippen molar-refractivity contribution in [2.24, 2.45) is 0 Å². The molecule has 1 nitrogen and oxygen atoms in total. The van der Waals surface area contributed by atoms with Crippen LogP contribution in [-0.4, -0.2) is 32.8 Å². The predicted molar refractivity (Wildman–Crippen MR) is 104 cm³/mol. The van der Waals surface area contributed by atoms with E-state index in [1.807, 2.05) is 0 Å². The predicted octanol–water partition coefficient (Wildman–Crippen LogP) is 3.78. The molecule has 1 aromatic rings. The Balaban J connectivity index is 2.94. The Bertz CT molecular complexity index is 472. The van der Waals surface area contributed by atoms with E-state index < -0.39 is 22.5 Å². The Morgan fingerprint density at radius 2 is 1.45 bits per heavy atom. The molecule has 20 heavy (non-hydrogen) atoms. The summed E-state index contributed by atoms with van der Waals surface area (Å²) in [6.45, 7) is 17.6. The molecule has 5 heteroatoms. The van der Waals surface area contributed by atoms with Gasteiger partial charge in [-0.1, -0.05) is 63.1 Å². The van der Waals surface area contributed by atoms with Gasteiger partial charge in [-0.15, -0.1) is 0 Å². The van der Waals surface area contributed by atoms with Crippen molar-refractivity contribution in [1.82, 2.24) is 0 Å². The molecule has 0 unspecified atom stereocenters. The van der Waals surface area contributed by atoms with E-state index in [1.165, 1.54) is 10.9 Å². The van der Waals surface area contributed by atoms with E-state index in [4.69, 9.17) is 4.43 Å². The first kappa shape index (κ1) is 17.7. The highest BCUT2D eigenvalue weighted by atomic mass is 29.6. The fourth-order valence-corrected chi connectivity index (χ4v) is 31.0. The second-order valence-electron chi connectivity index (χ2n) is 7.65. The van der Waals surface area contributed by atoms with E-state index in [1.54, 1.807) is 0 Å². The molecule has 0 aromatic heterocycles. The summed E-state index contributed by atoms with van der Waals surface area (Å²) in [5.74, 6) is 0. The van der Waals surface area contributed by atoms with Crippen LogP contribution in [0.1, 0.15) is 5.56 Å². The van der Waals surface area contributed by atoms with E-state index >= 15 is 0 Å². The van der Waals surface area contributed by atoms with Gasteiger partial charge in [0.25, 0.3) is 0 Å². The maximum absolute atomic E-state index is 6.59. The van der Waals surface area contributed by atoms with E-state index in [0.29, 0.717) is 0 Å². The lowest BCUT2D eigenvalue weighted by Gasteiger charge is -2.46. The van der Waals surface area contributed by atoms with Crippen LogP contribution in [0.4, 0.5) is 0 Å². The lowest BCUT2D eigenvalue weighted by atomic mass is 10.2. The number of benzene rings is 1. The van der Waals surface area contributed by atoms with Gasteiger partial charge in [-0.25, -0.2) is 0 Å². The van der Waals surface area contributed by atoms with Gasteiger partial charge in [0.1, 0.15) is 0 Å².